The van der Waals surface area contributed by atoms with Gasteiger partial charge in [0, 0.05) is 25.0 Å². The molecule has 0 saturated heterocycles. The van der Waals surface area contributed by atoms with E-state index in [0.29, 0.717) is 19.3 Å². The Balaban J connectivity index is 0.00000450. The van der Waals surface area contributed by atoms with Gasteiger partial charge in [-0.15, -0.1) is 35.3 Å². The molecule has 0 bridgehead atoms. The lowest BCUT2D eigenvalue weighted by Gasteiger charge is -2.24. The Bertz CT molecular complexity index is 754. The lowest BCUT2D eigenvalue weighted by molar-refractivity contribution is 0.287. The number of aliphatic imine (C=N–C) groups is 1. The van der Waals surface area contributed by atoms with Crippen LogP contribution in [0, 0.1) is 0 Å². The quantitative estimate of drug-likeness (QED) is 0.252. The Labute approximate surface area is 202 Å². The number of guanidine groups is 1. The van der Waals surface area contributed by atoms with Crippen LogP contribution in [0.25, 0.3) is 0 Å². The van der Waals surface area contributed by atoms with Crippen molar-refractivity contribution in [2.24, 2.45) is 4.99 Å². The second-order valence-corrected chi connectivity index (χ2v) is 7.75. The summed E-state index contributed by atoms with van der Waals surface area (Å²) in [6, 6.07) is 10.7. The van der Waals surface area contributed by atoms with Crippen molar-refractivity contribution < 1.29 is 9.47 Å². The van der Waals surface area contributed by atoms with Crippen molar-refractivity contribution in [1.82, 2.24) is 15.5 Å². The zero-order chi connectivity index (χ0) is 21.1. The van der Waals surface area contributed by atoms with E-state index in [1.165, 1.54) is 10.4 Å². The van der Waals surface area contributed by atoms with Crippen LogP contribution in [0.4, 0.5) is 0 Å². The minimum absolute atomic E-state index is 0. The molecule has 0 aliphatic rings. The van der Waals surface area contributed by atoms with E-state index < -0.39 is 0 Å². The van der Waals surface area contributed by atoms with Gasteiger partial charge in [0.05, 0.1) is 19.3 Å². The molecular formula is C22H35IN4O2S. The molecule has 1 unspecified atom stereocenters. The van der Waals surface area contributed by atoms with E-state index in [1.54, 1.807) is 18.4 Å². The summed E-state index contributed by atoms with van der Waals surface area (Å²) >= 11 is 1.78. The number of benzene rings is 1. The normalized spacial score (nSPS) is 12.3. The molecule has 1 aromatic heterocycles. The molecule has 1 aromatic carbocycles. The Morgan fingerprint density at radius 2 is 1.83 bits per heavy atom. The molecule has 1 atom stereocenters. The van der Waals surface area contributed by atoms with E-state index in [9.17, 15) is 0 Å². The smallest absolute Gasteiger partial charge is 0.191 e. The van der Waals surface area contributed by atoms with Gasteiger partial charge in [0.25, 0.3) is 0 Å². The molecule has 168 valence electrons. The topological polar surface area (TPSA) is 58.1 Å². The van der Waals surface area contributed by atoms with E-state index in [4.69, 9.17) is 9.47 Å². The molecule has 0 spiro atoms. The summed E-state index contributed by atoms with van der Waals surface area (Å²) in [5.41, 5.74) is 1.20. The minimum atomic E-state index is 0. The van der Waals surface area contributed by atoms with Gasteiger partial charge in [0.15, 0.2) is 17.5 Å². The Hall–Kier alpha value is -1.52. The second kappa shape index (κ2) is 14.5. The Morgan fingerprint density at radius 3 is 2.43 bits per heavy atom. The first-order valence-corrected chi connectivity index (χ1v) is 11.0. The first-order chi connectivity index (χ1) is 14.1. The van der Waals surface area contributed by atoms with Gasteiger partial charge in [0.2, 0.25) is 0 Å². The van der Waals surface area contributed by atoms with Gasteiger partial charge in [-0.3, -0.25) is 4.99 Å². The van der Waals surface area contributed by atoms with Gasteiger partial charge in [-0.2, -0.15) is 0 Å². The average Bonchev–Trinajstić information content (AvgIpc) is 3.23. The zero-order valence-corrected chi connectivity index (χ0v) is 21.8. The highest BCUT2D eigenvalue weighted by atomic mass is 127. The van der Waals surface area contributed by atoms with Crippen LogP contribution < -0.4 is 20.1 Å². The number of nitrogens with zero attached hydrogens (tertiary/aromatic N) is 2. The summed E-state index contributed by atoms with van der Waals surface area (Å²) in [5, 5.41) is 8.96. The number of thiophene rings is 1. The molecular weight excluding hydrogens is 511 g/mol. The number of rotatable bonds is 11. The highest BCUT2D eigenvalue weighted by molar-refractivity contribution is 14.0. The molecule has 0 radical (unpaired) electrons. The first kappa shape index (κ1) is 26.5. The van der Waals surface area contributed by atoms with Crippen LogP contribution in [-0.4, -0.2) is 58.3 Å². The maximum atomic E-state index is 5.72. The fourth-order valence-corrected chi connectivity index (χ4v) is 3.93. The Morgan fingerprint density at radius 1 is 1.10 bits per heavy atom. The minimum Gasteiger partial charge on any atom is -0.490 e. The monoisotopic (exact) mass is 546 g/mol. The van der Waals surface area contributed by atoms with Crippen molar-refractivity contribution >= 4 is 41.3 Å². The van der Waals surface area contributed by atoms with E-state index >= 15 is 0 Å². The molecule has 0 amide bonds. The molecule has 2 aromatic rings. The van der Waals surface area contributed by atoms with Crippen molar-refractivity contribution in [2.45, 2.75) is 26.3 Å². The van der Waals surface area contributed by atoms with Crippen molar-refractivity contribution in [3.8, 4) is 11.5 Å². The summed E-state index contributed by atoms with van der Waals surface area (Å²) in [6.45, 7) is 6.79. The van der Waals surface area contributed by atoms with Crippen LogP contribution >= 0.6 is 35.3 Å². The summed E-state index contributed by atoms with van der Waals surface area (Å²) in [4.78, 5) is 7.92. The predicted molar refractivity (Wildman–Crippen MR) is 138 cm³/mol. The van der Waals surface area contributed by atoms with Crippen LogP contribution in [0.15, 0.2) is 40.7 Å². The third-order valence-corrected chi connectivity index (χ3v) is 5.47. The first-order valence-electron chi connectivity index (χ1n) is 10.1. The summed E-state index contributed by atoms with van der Waals surface area (Å²) in [5.74, 6) is 2.41. The molecule has 1 heterocycles. The molecule has 2 N–H and O–H groups in total. The highest BCUT2D eigenvalue weighted by Gasteiger charge is 2.15. The average molecular weight is 547 g/mol. The van der Waals surface area contributed by atoms with Crippen LogP contribution in [0.1, 0.15) is 30.3 Å². The summed E-state index contributed by atoms with van der Waals surface area (Å²) in [7, 11) is 6.00. The van der Waals surface area contributed by atoms with Crippen LogP contribution in [-0.2, 0) is 6.42 Å². The molecule has 30 heavy (non-hydrogen) atoms. The third kappa shape index (κ3) is 8.31. The van der Waals surface area contributed by atoms with Gasteiger partial charge >= 0.3 is 0 Å². The van der Waals surface area contributed by atoms with Gasteiger partial charge in [-0.1, -0.05) is 12.1 Å². The van der Waals surface area contributed by atoms with E-state index in [2.05, 4.69) is 64.3 Å². The van der Waals surface area contributed by atoms with Crippen molar-refractivity contribution in [3.05, 3.63) is 46.2 Å². The van der Waals surface area contributed by atoms with E-state index in [1.807, 2.05) is 19.9 Å². The van der Waals surface area contributed by atoms with Crippen molar-refractivity contribution in [3.63, 3.8) is 0 Å². The number of hydrogen-bond donors (Lipinski definition) is 2. The maximum absolute atomic E-state index is 5.72. The van der Waals surface area contributed by atoms with Crippen molar-refractivity contribution in [2.75, 3.05) is 47.4 Å². The molecule has 6 nitrogen and oxygen atoms in total. The number of hydrogen-bond acceptors (Lipinski definition) is 5. The molecule has 8 heteroatoms. The second-order valence-electron chi connectivity index (χ2n) is 6.77. The maximum Gasteiger partial charge on any atom is 0.191 e. The number of ether oxygens (including phenoxy) is 2. The summed E-state index contributed by atoms with van der Waals surface area (Å²) in [6.07, 6.45) is 0.870. The molecule has 0 fully saturated rings. The van der Waals surface area contributed by atoms with Gasteiger partial charge in [-0.25, -0.2) is 0 Å². The number of likely N-dealkylation sites (N-methyl/N-ethyl adjacent to an activating group) is 1. The molecule has 0 aliphatic carbocycles. The number of nitrogens with one attached hydrogen (secondary N) is 2. The Kier molecular flexibility index (Phi) is 12.8. The fourth-order valence-electron chi connectivity index (χ4n) is 3.01. The van der Waals surface area contributed by atoms with Crippen LogP contribution in [0.2, 0.25) is 0 Å². The van der Waals surface area contributed by atoms with Crippen LogP contribution in [0.5, 0.6) is 11.5 Å². The highest BCUT2D eigenvalue weighted by Crippen LogP contribution is 2.28. The SMILES string of the molecule is CCOc1ccc(CCNC(=NC)NCC(c2cccs2)N(C)C)cc1OCC.I. The lowest BCUT2D eigenvalue weighted by Crippen LogP contribution is -2.42. The summed E-state index contributed by atoms with van der Waals surface area (Å²) < 4.78 is 11.4. The standard InChI is InChI=1S/C22H34N4O2S.HI/c1-6-27-19-11-10-17(15-20(19)28-7-2)12-13-24-22(23-3)25-16-18(26(4)5)21-9-8-14-29-21;/h8-11,14-15,18H,6-7,12-13,16H2,1-5H3,(H2,23,24,25);1H. The molecule has 0 aliphatic heterocycles. The van der Waals surface area contributed by atoms with Crippen LogP contribution in [0.3, 0.4) is 0 Å². The van der Waals surface area contributed by atoms with E-state index in [-0.39, 0.29) is 24.0 Å². The molecule has 0 saturated carbocycles. The number of halogens is 1. The van der Waals surface area contributed by atoms with Gasteiger partial charge in [-0.05, 0) is 63.5 Å². The predicted octanol–water partition coefficient (Wildman–Crippen LogP) is 4.17. The van der Waals surface area contributed by atoms with Crippen molar-refractivity contribution in [1.29, 1.82) is 0 Å². The van der Waals surface area contributed by atoms with Gasteiger partial charge in [0.1, 0.15) is 0 Å². The van der Waals surface area contributed by atoms with Gasteiger partial charge < -0.3 is 25.0 Å². The van der Waals surface area contributed by atoms with E-state index in [0.717, 1.165) is 37.0 Å². The zero-order valence-electron chi connectivity index (χ0n) is 18.6. The third-order valence-electron chi connectivity index (χ3n) is 4.50. The molecule has 2 rings (SSSR count). The fraction of sp³-hybridized carbons (Fsp3) is 0.500. The largest absolute Gasteiger partial charge is 0.490 e. The lowest BCUT2D eigenvalue weighted by atomic mass is 10.1.